The highest BCUT2D eigenvalue weighted by Crippen LogP contribution is 2.16. The second kappa shape index (κ2) is 9.04. The number of benzene rings is 1. The van der Waals surface area contributed by atoms with E-state index in [4.69, 9.17) is 4.74 Å². The highest BCUT2D eigenvalue weighted by atomic mass is 19.1. The number of carbonyl (C=O) groups is 2. The average Bonchev–Trinajstić information content (AvgIpc) is 3.14. The largest absolute Gasteiger partial charge is 0.489 e. The fourth-order valence-electron chi connectivity index (χ4n) is 3.28. The zero-order chi connectivity index (χ0) is 21.0. The van der Waals surface area contributed by atoms with Crippen LogP contribution < -0.4 is 4.74 Å². The number of ether oxygens (including phenoxy) is 1. The average molecular weight is 403 g/mol. The Kier molecular flexibility index (Phi) is 6.48. The van der Waals surface area contributed by atoms with Gasteiger partial charge in [0.2, 0.25) is 5.91 Å². The first kappa shape index (κ1) is 20.8. The van der Waals surface area contributed by atoms with Crippen LogP contribution in [-0.2, 0) is 4.79 Å². The maximum Gasteiger partial charge on any atom is 0.257 e. The number of nitrogens with zero attached hydrogens (tertiary/aromatic N) is 4. The van der Waals surface area contributed by atoms with E-state index >= 15 is 0 Å². The van der Waals surface area contributed by atoms with Crippen LogP contribution in [0.1, 0.15) is 16.1 Å². The standard InChI is InChI=1S/C20H26FN5O3/c1-14-15(12-22-23-14)19(27)26-9-8-24(2)17(13-26)20(28)25(3)10-11-29-18-7-5-4-6-16(18)21/h4-7,12,17H,8-11,13H2,1-3H3,(H,22,23)/t17-/m0/s1. The zero-order valence-electron chi connectivity index (χ0n) is 16.9. The molecule has 1 aromatic heterocycles. The van der Waals surface area contributed by atoms with Gasteiger partial charge in [-0.2, -0.15) is 5.10 Å². The van der Waals surface area contributed by atoms with Crippen molar-refractivity contribution in [1.29, 1.82) is 0 Å². The number of carbonyl (C=O) groups excluding carboxylic acids is 2. The van der Waals surface area contributed by atoms with Gasteiger partial charge in [-0.05, 0) is 26.1 Å². The van der Waals surface area contributed by atoms with Crippen LogP contribution in [-0.4, -0.2) is 89.6 Å². The van der Waals surface area contributed by atoms with E-state index in [1.54, 1.807) is 42.0 Å². The van der Waals surface area contributed by atoms with Gasteiger partial charge in [-0.3, -0.25) is 19.6 Å². The molecule has 1 atom stereocenters. The van der Waals surface area contributed by atoms with Gasteiger partial charge >= 0.3 is 0 Å². The van der Waals surface area contributed by atoms with Crippen LogP contribution in [0.4, 0.5) is 4.39 Å². The summed E-state index contributed by atoms with van der Waals surface area (Å²) < 4.78 is 19.1. The van der Waals surface area contributed by atoms with E-state index in [1.807, 2.05) is 11.9 Å². The van der Waals surface area contributed by atoms with E-state index in [-0.39, 0.29) is 24.2 Å². The molecule has 29 heavy (non-hydrogen) atoms. The Morgan fingerprint density at radius 2 is 2.10 bits per heavy atom. The fraction of sp³-hybridized carbons (Fsp3) is 0.450. The third-order valence-electron chi connectivity index (χ3n) is 5.18. The zero-order valence-corrected chi connectivity index (χ0v) is 16.9. The first-order valence-corrected chi connectivity index (χ1v) is 9.50. The number of rotatable bonds is 6. The van der Waals surface area contributed by atoms with Crippen molar-refractivity contribution in [2.75, 3.05) is 46.9 Å². The molecule has 9 heteroatoms. The van der Waals surface area contributed by atoms with E-state index in [0.717, 1.165) is 0 Å². The summed E-state index contributed by atoms with van der Waals surface area (Å²) in [6.07, 6.45) is 1.51. The van der Waals surface area contributed by atoms with Gasteiger partial charge in [0.25, 0.3) is 5.91 Å². The number of halogens is 1. The summed E-state index contributed by atoms with van der Waals surface area (Å²) in [4.78, 5) is 30.9. The van der Waals surface area contributed by atoms with Crippen molar-refractivity contribution in [2.24, 2.45) is 0 Å². The quantitative estimate of drug-likeness (QED) is 0.783. The van der Waals surface area contributed by atoms with Crippen molar-refractivity contribution >= 4 is 11.8 Å². The topological polar surface area (TPSA) is 81.8 Å². The Hall–Kier alpha value is -2.94. The van der Waals surface area contributed by atoms with Crippen molar-refractivity contribution < 1.29 is 18.7 Å². The Morgan fingerprint density at radius 3 is 2.79 bits per heavy atom. The molecule has 1 fully saturated rings. The second-order valence-electron chi connectivity index (χ2n) is 7.19. The molecule has 8 nitrogen and oxygen atoms in total. The first-order valence-electron chi connectivity index (χ1n) is 9.50. The highest BCUT2D eigenvalue weighted by molar-refractivity contribution is 5.95. The van der Waals surface area contributed by atoms with Crippen molar-refractivity contribution in [1.82, 2.24) is 24.9 Å². The predicted octanol–water partition coefficient (Wildman–Crippen LogP) is 1.15. The molecule has 0 radical (unpaired) electrons. The number of piperazine rings is 1. The van der Waals surface area contributed by atoms with E-state index in [2.05, 4.69) is 10.2 Å². The minimum absolute atomic E-state index is 0.106. The third-order valence-corrected chi connectivity index (χ3v) is 5.18. The van der Waals surface area contributed by atoms with Gasteiger partial charge in [0.1, 0.15) is 12.6 Å². The molecule has 1 aromatic carbocycles. The normalized spacial score (nSPS) is 17.2. The summed E-state index contributed by atoms with van der Waals surface area (Å²) in [6, 6.07) is 5.72. The van der Waals surface area contributed by atoms with Crippen molar-refractivity contribution in [3.8, 4) is 5.75 Å². The maximum atomic E-state index is 13.6. The lowest BCUT2D eigenvalue weighted by molar-refractivity contribution is -0.137. The molecule has 0 saturated carbocycles. The number of amides is 2. The molecule has 1 saturated heterocycles. The molecule has 0 bridgehead atoms. The predicted molar refractivity (Wildman–Crippen MR) is 105 cm³/mol. The lowest BCUT2D eigenvalue weighted by Crippen LogP contribution is -2.59. The molecule has 1 aliphatic heterocycles. The summed E-state index contributed by atoms with van der Waals surface area (Å²) in [5.41, 5.74) is 1.23. The Morgan fingerprint density at radius 1 is 1.34 bits per heavy atom. The van der Waals surface area contributed by atoms with Gasteiger partial charge in [0, 0.05) is 32.4 Å². The van der Waals surface area contributed by atoms with Crippen LogP contribution in [0, 0.1) is 12.7 Å². The van der Waals surface area contributed by atoms with Crippen LogP contribution in [0.3, 0.4) is 0 Å². The van der Waals surface area contributed by atoms with Gasteiger partial charge in [0.15, 0.2) is 11.6 Å². The minimum atomic E-state index is -0.446. The molecule has 3 rings (SSSR count). The Balaban J connectivity index is 1.57. The first-order chi connectivity index (χ1) is 13.9. The van der Waals surface area contributed by atoms with E-state index < -0.39 is 11.9 Å². The number of nitrogens with one attached hydrogen (secondary N) is 1. The summed E-state index contributed by atoms with van der Waals surface area (Å²) in [5, 5.41) is 6.67. The van der Waals surface area contributed by atoms with Gasteiger partial charge in [-0.15, -0.1) is 0 Å². The monoisotopic (exact) mass is 403 g/mol. The molecular weight excluding hydrogens is 377 g/mol. The Labute approximate surface area is 169 Å². The molecule has 2 amide bonds. The second-order valence-corrected chi connectivity index (χ2v) is 7.19. The van der Waals surface area contributed by atoms with Gasteiger partial charge < -0.3 is 14.5 Å². The molecule has 2 heterocycles. The molecule has 0 aliphatic carbocycles. The van der Waals surface area contributed by atoms with Gasteiger partial charge in [-0.1, -0.05) is 12.1 Å². The molecule has 0 unspecified atom stereocenters. The molecular formula is C20H26FN5O3. The molecule has 1 aliphatic rings. The van der Waals surface area contributed by atoms with Gasteiger partial charge in [0.05, 0.1) is 18.3 Å². The highest BCUT2D eigenvalue weighted by Gasteiger charge is 2.34. The summed E-state index contributed by atoms with van der Waals surface area (Å²) in [6.45, 7) is 3.73. The molecule has 2 aromatic rings. The Bertz CT molecular complexity index is 871. The number of aryl methyl sites for hydroxylation is 1. The number of hydrogen-bond acceptors (Lipinski definition) is 5. The third kappa shape index (κ3) is 4.73. The minimum Gasteiger partial charge on any atom is -0.489 e. The lowest BCUT2D eigenvalue weighted by Gasteiger charge is -2.39. The smallest absolute Gasteiger partial charge is 0.257 e. The number of para-hydroxylation sites is 1. The van der Waals surface area contributed by atoms with Crippen molar-refractivity contribution in [3.05, 3.63) is 47.5 Å². The van der Waals surface area contributed by atoms with E-state index in [0.29, 0.717) is 37.4 Å². The molecule has 0 spiro atoms. The van der Waals surface area contributed by atoms with E-state index in [1.165, 1.54) is 12.3 Å². The van der Waals surface area contributed by atoms with Crippen LogP contribution >= 0.6 is 0 Å². The summed E-state index contributed by atoms with van der Waals surface area (Å²) >= 11 is 0. The molecule has 156 valence electrons. The van der Waals surface area contributed by atoms with Crippen molar-refractivity contribution in [3.63, 3.8) is 0 Å². The number of aromatic amines is 1. The number of likely N-dealkylation sites (N-methyl/N-ethyl adjacent to an activating group) is 2. The summed E-state index contributed by atoms with van der Waals surface area (Å²) in [7, 11) is 3.55. The van der Waals surface area contributed by atoms with Gasteiger partial charge in [-0.25, -0.2) is 4.39 Å². The SMILES string of the molecule is Cc1[nH]ncc1C(=O)N1CCN(C)[C@H](C(=O)N(C)CCOc2ccccc2F)C1. The lowest BCUT2D eigenvalue weighted by atomic mass is 10.1. The number of H-pyrrole nitrogens is 1. The molecule has 1 N–H and O–H groups in total. The number of aromatic nitrogens is 2. The van der Waals surface area contributed by atoms with Crippen LogP contribution in [0.5, 0.6) is 5.75 Å². The van der Waals surface area contributed by atoms with Crippen molar-refractivity contribution in [2.45, 2.75) is 13.0 Å². The fourth-order valence-corrected chi connectivity index (χ4v) is 3.28. The van der Waals surface area contributed by atoms with Crippen LogP contribution in [0.2, 0.25) is 0 Å². The van der Waals surface area contributed by atoms with Crippen LogP contribution in [0.25, 0.3) is 0 Å². The van der Waals surface area contributed by atoms with Crippen LogP contribution in [0.15, 0.2) is 30.5 Å². The maximum absolute atomic E-state index is 13.6. The number of hydrogen-bond donors (Lipinski definition) is 1. The summed E-state index contributed by atoms with van der Waals surface area (Å²) in [5.74, 6) is -0.508. The van der Waals surface area contributed by atoms with E-state index in [9.17, 15) is 14.0 Å².